The van der Waals surface area contributed by atoms with Gasteiger partial charge < -0.3 is 9.76 Å². The zero-order chi connectivity index (χ0) is 12.9. The number of hydrogen-bond acceptors (Lipinski definition) is 2. The van der Waals surface area contributed by atoms with Gasteiger partial charge in [0, 0.05) is 0 Å². The van der Waals surface area contributed by atoms with Crippen LogP contribution in [-0.4, -0.2) is 23.8 Å². The molecule has 1 aromatic rings. The van der Waals surface area contributed by atoms with Crippen LogP contribution in [0.25, 0.3) is 0 Å². The van der Waals surface area contributed by atoms with E-state index in [1.54, 1.807) is 21.3 Å². The van der Waals surface area contributed by atoms with Crippen LogP contribution in [0.4, 0.5) is 0 Å². The first kappa shape index (κ1) is 14.3. The van der Waals surface area contributed by atoms with Gasteiger partial charge in [0.1, 0.15) is 0 Å². The largest absolute Gasteiger partial charge is 0.433 e. The lowest BCUT2D eigenvalue weighted by atomic mass is 9.84. The van der Waals surface area contributed by atoms with Gasteiger partial charge in [-0.05, 0) is 46.0 Å². The van der Waals surface area contributed by atoms with E-state index in [0.29, 0.717) is 0 Å². The van der Waals surface area contributed by atoms with Gasteiger partial charge in [0.25, 0.3) is 7.48 Å². The van der Waals surface area contributed by atoms with E-state index in [1.165, 1.54) is 5.56 Å². The Balaban J connectivity index is 2.30. The van der Waals surface area contributed by atoms with Crippen LogP contribution in [0, 0.1) is 0 Å². The third-order valence-electron chi connectivity index (χ3n) is 3.25. The van der Waals surface area contributed by atoms with Gasteiger partial charge in [-0.2, -0.15) is 0 Å². The van der Waals surface area contributed by atoms with Crippen LogP contribution in [0.5, 0.6) is 0 Å². The van der Waals surface area contributed by atoms with Crippen molar-refractivity contribution in [3.05, 3.63) is 35.9 Å². The quantitative estimate of drug-likeness (QED) is 0.604. The van der Waals surface area contributed by atoms with Crippen molar-refractivity contribution < 1.29 is 9.76 Å². The lowest BCUT2D eigenvalue weighted by Crippen LogP contribution is -2.48. The SMILES string of the molecule is CC(C)(O)C(C)(C)O[B]CCc1ccccc1. The zero-order valence-electron chi connectivity index (χ0n) is 11.2. The molecule has 2 nitrogen and oxygen atoms in total. The molecule has 1 radical (unpaired) electrons. The van der Waals surface area contributed by atoms with E-state index >= 15 is 0 Å². The summed E-state index contributed by atoms with van der Waals surface area (Å²) in [6, 6.07) is 10.3. The average molecular weight is 233 g/mol. The minimum absolute atomic E-state index is 0.566. The molecule has 93 valence electrons. The molecule has 0 spiro atoms. The van der Waals surface area contributed by atoms with Gasteiger partial charge in [-0.25, -0.2) is 0 Å². The van der Waals surface area contributed by atoms with Gasteiger partial charge in [-0.3, -0.25) is 0 Å². The number of benzene rings is 1. The molecule has 1 aromatic carbocycles. The lowest BCUT2D eigenvalue weighted by molar-refractivity contribution is -0.0903. The molecular formula is C14H22BO2. The van der Waals surface area contributed by atoms with Crippen LogP contribution in [0.3, 0.4) is 0 Å². The molecule has 1 rings (SSSR count). The summed E-state index contributed by atoms with van der Waals surface area (Å²) < 4.78 is 5.64. The van der Waals surface area contributed by atoms with Crippen LogP contribution in [-0.2, 0) is 11.1 Å². The molecule has 0 aliphatic rings. The molecule has 0 saturated heterocycles. The monoisotopic (exact) mass is 233 g/mol. The van der Waals surface area contributed by atoms with E-state index in [4.69, 9.17) is 4.65 Å². The fourth-order valence-corrected chi connectivity index (χ4v) is 1.28. The highest BCUT2D eigenvalue weighted by atomic mass is 16.5. The molecule has 0 amide bonds. The van der Waals surface area contributed by atoms with Crippen molar-refractivity contribution >= 4 is 7.48 Å². The molecular weight excluding hydrogens is 211 g/mol. The van der Waals surface area contributed by atoms with Crippen LogP contribution < -0.4 is 0 Å². The maximum atomic E-state index is 9.92. The van der Waals surface area contributed by atoms with Gasteiger partial charge in [0.05, 0.1) is 11.2 Å². The highest BCUT2D eigenvalue weighted by molar-refractivity contribution is 6.27. The number of hydrogen-bond donors (Lipinski definition) is 1. The highest BCUT2D eigenvalue weighted by Crippen LogP contribution is 2.24. The molecule has 0 aromatic heterocycles. The molecule has 0 aliphatic carbocycles. The number of aryl methyl sites for hydroxylation is 1. The summed E-state index contributed by atoms with van der Waals surface area (Å²) in [7, 11) is 1.80. The van der Waals surface area contributed by atoms with Crippen LogP contribution in [0.2, 0.25) is 6.32 Å². The first-order valence-corrected chi connectivity index (χ1v) is 6.09. The smallest absolute Gasteiger partial charge is 0.293 e. The summed E-state index contributed by atoms with van der Waals surface area (Å²) in [5.74, 6) is 0. The van der Waals surface area contributed by atoms with Gasteiger partial charge in [0.15, 0.2) is 0 Å². The molecule has 0 aliphatic heterocycles. The summed E-state index contributed by atoms with van der Waals surface area (Å²) >= 11 is 0. The van der Waals surface area contributed by atoms with Crippen molar-refractivity contribution in [2.24, 2.45) is 0 Å². The average Bonchev–Trinajstić information content (AvgIpc) is 2.24. The van der Waals surface area contributed by atoms with Crippen LogP contribution in [0.15, 0.2) is 30.3 Å². The fraction of sp³-hybridized carbons (Fsp3) is 0.571. The van der Waals surface area contributed by atoms with Crippen molar-refractivity contribution in [2.45, 2.75) is 51.6 Å². The Kier molecular flexibility index (Phi) is 4.78. The van der Waals surface area contributed by atoms with Gasteiger partial charge >= 0.3 is 0 Å². The second kappa shape index (κ2) is 5.70. The first-order chi connectivity index (χ1) is 7.83. The van der Waals surface area contributed by atoms with Crippen molar-refractivity contribution in [3.63, 3.8) is 0 Å². The van der Waals surface area contributed by atoms with E-state index in [9.17, 15) is 5.11 Å². The molecule has 0 unspecified atom stereocenters. The Hall–Kier alpha value is -0.795. The number of rotatable bonds is 6. The van der Waals surface area contributed by atoms with E-state index in [0.717, 1.165) is 12.7 Å². The number of aliphatic hydroxyl groups is 1. The standard InChI is InChI=1S/C14H22BO2/c1-13(2,16)14(3,4)17-15-11-10-12-8-6-5-7-9-12/h5-9,16H,10-11H2,1-4H3. The predicted octanol–water partition coefficient (Wildman–Crippen LogP) is 2.83. The lowest BCUT2D eigenvalue weighted by Gasteiger charge is -2.37. The highest BCUT2D eigenvalue weighted by Gasteiger charge is 2.35. The third-order valence-corrected chi connectivity index (χ3v) is 3.25. The van der Waals surface area contributed by atoms with E-state index in [1.807, 2.05) is 32.0 Å². The fourth-order valence-electron chi connectivity index (χ4n) is 1.28. The van der Waals surface area contributed by atoms with Crippen molar-refractivity contribution in [1.82, 2.24) is 0 Å². The molecule has 0 heterocycles. The molecule has 0 bridgehead atoms. The molecule has 0 atom stereocenters. The minimum Gasteiger partial charge on any atom is -0.433 e. The Morgan fingerprint density at radius 2 is 1.71 bits per heavy atom. The van der Waals surface area contributed by atoms with E-state index in [2.05, 4.69) is 12.1 Å². The minimum atomic E-state index is -0.851. The topological polar surface area (TPSA) is 29.5 Å². The molecule has 3 heteroatoms. The first-order valence-electron chi connectivity index (χ1n) is 6.09. The Morgan fingerprint density at radius 1 is 1.12 bits per heavy atom. The van der Waals surface area contributed by atoms with Crippen LogP contribution in [0.1, 0.15) is 33.3 Å². The van der Waals surface area contributed by atoms with E-state index < -0.39 is 11.2 Å². The Bertz CT molecular complexity index is 328. The summed E-state index contributed by atoms with van der Waals surface area (Å²) in [4.78, 5) is 0. The predicted molar refractivity (Wildman–Crippen MR) is 72.2 cm³/mol. The summed E-state index contributed by atoms with van der Waals surface area (Å²) in [6.07, 6.45) is 1.81. The third kappa shape index (κ3) is 4.53. The maximum absolute atomic E-state index is 9.92. The molecule has 0 saturated carbocycles. The summed E-state index contributed by atoms with van der Waals surface area (Å²) in [5, 5.41) is 9.92. The summed E-state index contributed by atoms with van der Waals surface area (Å²) in [6.45, 7) is 7.31. The molecule has 0 fully saturated rings. The van der Waals surface area contributed by atoms with Crippen molar-refractivity contribution in [2.75, 3.05) is 0 Å². The van der Waals surface area contributed by atoms with Gasteiger partial charge in [0.2, 0.25) is 0 Å². The second-order valence-corrected chi connectivity index (χ2v) is 5.38. The Morgan fingerprint density at radius 3 is 2.24 bits per heavy atom. The van der Waals surface area contributed by atoms with Crippen molar-refractivity contribution in [1.29, 1.82) is 0 Å². The van der Waals surface area contributed by atoms with Gasteiger partial charge in [-0.1, -0.05) is 30.3 Å². The van der Waals surface area contributed by atoms with Crippen molar-refractivity contribution in [3.8, 4) is 0 Å². The van der Waals surface area contributed by atoms with Gasteiger partial charge in [-0.15, -0.1) is 0 Å². The van der Waals surface area contributed by atoms with Crippen LogP contribution >= 0.6 is 0 Å². The normalized spacial score (nSPS) is 12.5. The maximum Gasteiger partial charge on any atom is 0.293 e. The molecule has 1 N–H and O–H groups in total. The molecule has 17 heavy (non-hydrogen) atoms. The summed E-state index contributed by atoms with van der Waals surface area (Å²) in [5.41, 5.74) is -0.117. The second-order valence-electron chi connectivity index (χ2n) is 5.38. The van der Waals surface area contributed by atoms with E-state index in [-0.39, 0.29) is 0 Å². The Labute approximate surface area is 105 Å². The zero-order valence-corrected chi connectivity index (χ0v) is 11.2.